The smallest absolute Gasteiger partial charge is 0.224 e. The van der Waals surface area contributed by atoms with Gasteiger partial charge in [-0.15, -0.1) is 0 Å². The van der Waals surface area contributed by atoms with Gasteiger partial charge >= 0.3 is 0 Å². The van der Waals surface area contributed by atoms with Crippen molar-refractivity contribution in [2.45, 2.75) is 13.8 Å². The van der Waals surface area contributed by atoms with Gasteiger partial charge in [-0.1, -0.05) is 6.92 Å². The zero-order valence-corrected chi connectivity index (χ0v) is 10.3. The maximum atomic E-state index is 4.33. The van der Waals surface area contributed by atoms with Crippen molar-refractivity contribution in [1.29, 1.82) is 0 Å². The molecule has 0 saturated carbocycles. The molecule has 0 aromatic carbocycles. The molecule has 1 aromatic heterocycles. The van der Waals surface area contributed by atoms with E-state index >= 15 is 0 Å². The van der Waals surface area contributed by atoms with Crippen molar-refractivity contribution in [3.8, 4) is 0 Å². The highest BCUT2D eigenvalue weighted by Gasteiger charge is 1.98. The average molecular weight is 223 g/mol. The van der Waals surface area contributed by atoms with Gasteiger partial charge in [0.25, 0.3) is 0 Å². The summed E-state index contributed by atoms with van der Waals surface area (Å²) in [7, 11) is 2.10. The van der Waals surface area contributed by atoms with Gasteiger partial charge in [0.15, 0.2) is 0 Å². The van der Waals surface area contributed by atoms with Crippen LogP contribution in [0.15, 0.2) is 12.3 Å². The highest BCUT2D eigenvalue weighted by Crippen LogP contribution is 2.04. The molecule has 0 unspecified atom stereocenters. The Bertz CT molecular complexity index is 302. The second kappa shape index (κ2) is 7.00. The fraction of sp³-hybridized carbons (Fsp3) is 0.636. The predicted octanol–water partition coefficient (Wildman–Crippen LogP) is 1.27. The zero-order chi connectivity index (χ0) is 11.8. The number of nitrogens with one attached hydrogen (secondary N) is 2. The van der Waals surface area contributed by atoms with E-state index in [1.807, 2.05) is 13.0 Å². The molecule has 0 aliphatic heterocycles. The molecule has 5 nitrogen and oxygen atoms in total. The monoisotopic (exact) mass is 223 g/mol. The van der Waals surface area contributed by atoms with Crippen LogP contribution in [0.25, 0.3) is 0 Å². The molecule has 0 aliphatic rings. The van der Waals surface area contributed by atoms with Crippen LogP contribution in [0, 0.1) is 0 Å². The number of nitrogens with zero attached hydrogens (tertiary/aromatic N) is 3. The second-order valence-electron chi connectivity index (χ2n) is 3.62. The average Bonchev–Trinajstić information content (AvgIpc) is 2.30. The quantitative estimate of drug-likeness (QED) is 0.729. The van der Waals surface area contributed by atoms with Crippen molar-refractivity contribution in [2.75, 3.05) is 43.9 Å². The Hall–Kier alpha value is -1.36. The molecule has 90 valence electrons. The Balaban J connectivity index is 2.38. The molecule has 1 heterocycles. The fourth-order valence-electron chi connectivity index (χ4n) is 1.23. The molecule has 1 rings (SSSR count). The lowest BCUT2D eigenvalue weighted by molar-refractivity contribution is 0.367. The molecule has 0 fully saturated rings. The molecule has 0 radical (unpaired) electrons. The first-order valence-electron chi connectivity index (χ1n) is 5.75. The van der Waals surface area contributed by atoms with Gasteiger partial charge in [-0.05, 0) is 26.6 Å². The third kappa shape index (κ3) is 4.44. The Kier molecular flexibility index (Phi) is 5.56. The summed E-state index contributed by atoms with van der Waals surface area (Å²) in [4.78, 5) is 10.7. The van der Waals surface area contributed by atoms with Crippen molar-refractivity contribution in [3.05, 3.63) is 12.3 Å². The van der Waals surface area contributed by atoms with Gasteiger partial charge in [0.2, 0.25) is 5.95 Å². The lowest BCUT2D eigenvalue weighted by Crippen LogP contribution is -2.25. The first-order chi connectivity index (χ1) is 7.76. The largest absolute Gasteiger partial charge is 0.369 e. The van der Waals surface area contributed by atoms with Crippen LogP contribution in [0.1, 0.15) is 13.8 Å². The summed E-state index contributed by atoms with van der Waals surface area (Å²) in [5.74, 6) is 1.55. The van der Waals surface area contributed by atoms with Crippen molar-refractivity contribution in [3.63, 3.8) is 0 Å². The van der Waals surface area contributed by atoms with E-state index < -0.39 is 0 Å². The molecule has 5 heteroatoms. The van der Waals surface area contributed by atoms with Gasteiger partial charge in [0, 0.05) is 25.8 Å². The zero-order valence-electron chi connectivity index (χ0n) is 10.3. The van der Waals surface area contributed by atoms with E-state index in [1.165, 1.54) is 0 Å². The second-order valence-corrected chi connectivity index (χ2v) is 3.62. The van der Waals surface area contributed by atoms with Crippen LogP contribution in [-0.2, 0) is 0 Å². The van der Waals surface area contributed by atoms with E-state index in [4.69, 9.17) is 0 Å². The first-order valence-corrected chi connectivity index (χ1v) is 5.75. The lowest BCUT2D eigenvalue weighted by Gasteiger charge is -2.14. The first kappa shape index (κ1) is 12.7. The fourth-order valence-corrected chi connectivity index (χ4v) is 1.23. The van der Waals surface area contributed by atoms with Crippen LogP contribution >= 0.6 is 0 Å². The van der Waals surface area contributed by atoms with Crippen molar-refractivity contribution in [2.24, 2.45) is 0 Å². The van der Waals surface area contributed by atoms with Crippen LogP contribution in [-0.4, -0.2) is 48.1 Å². The van der Waals surface area contributed by atoms with Crippen LogP contribution in [0.3, 0.4) is 0 Å². The van der Waals surface area contributed by atoms with Crippen molar-refractivity contribution in [1.82, 2.24) is 14.9 Å². The lowest BCUT2D eigenvalue weighted by atomic mass is 10.5. The molecule has 1 aromatic rings. The van der Waals surface area contributed by atoms with E-state index in [1.54, 1.807) is 6.20 Å². The van der Waals surface area contributed by atoms with Crippen molar-refractivity contribution < 1.29 is 0 Å². The molecular formula is C11H21N5. The highest BCUT2D eigenvalue weighted by atomic mass is 15.2. The van der Waals surface area contributed by atoms with E-state index in [-0.39, 0.29) is 0 Å². The summed E-state index contributed by atoms with van der Waals surface area (Å²) in [6, 6.07) is 1.88. The maximum Gasteiger partial charge on any atom is 0.224 e. The minimum absolute atomic E-state index is 0.677. The number of hydrogen-bond acceptors (Lipinski definition) is 5. The predicted molar refractivity (Wildman–Crippen MR) is 67.9 cm³/mol. The normalized spacial score (nSPS) is 10.5. The van der Waals surface area contributed by atoms with Crippen LogP contribution in [0.4, 0.5) is 11.8 Å². The number of rotatable bonds is 7. The molecule has 0 amide bonds. The van der Waals surface area contributed by atoms with Gasteiger partial charge in [-0.3, -0.25) is 0 Å². The van der Waals surface area contributed by atoms with Crippen LogP contribution in [0.5, 0.6) is 0 Å². The van der Waals surface area contributed by atoms with E-state index in [9.17, 15) is 0 Å². The molecule has 0 bridgehead atoms. The summed E-state index contributed by atoms with van der Waals surface area (Å²) >= 11 is 0. The summed E-state index contributed by atoms with van der Waals surface area (Å²) < 4.78 is 0. The van der Waals surface area contributed by atoms with Gasteiger partial charge in [-0.2, -0.15) is 4.98 Å². The standard InChI is InChI=1S/C11H21N5/c1-4-12-11-14-7-6-10(15-11)13-8-9-16(3)5-2/h6-7H,4-5,8-9H2,1-3H3,(H2,12,13,14,15). The third-order valence-corrected chi connectivity index (χ3v) is 2.33. The minimum Gasteiger partial charge on any atom is -0.369 e. The van der Waals surface area contributed by atoms with Crippen LogP contribution in [0.2, 0.25) is 0 Å². The molecule has 2 N–H and O–H groups in total. The molecule has 16 heavy (non-hydrogen) atoms. The Morgan fingerprint density at radius 2 is 2.12 bits per heavy atom. The SMILES string of the molecule is CCNc1nccc(NCCN(C)CC)n1. The molecular weight excluding hydrogens is 202 g/mol. The maximum absolute atomic E-state index is 4.33. The molecule has 0 saturated heterocycles. The summed E-state index contributed by atoms with van der Waals surface area (Å²) in [5, 5.41) is 6.36. The summed E-state index contributed by atoms with van der Waals surface area (Å²) in [6.07, 6.45) is 1.76. The Morgan fingerprint density at radius 1 is 1.31 bits per heavy atom. The Morgan fingerprint density at radius 3 is 2.81 bits per heavy atom. The number of hydrogen-bond donors (Lipinski definition) is 2. The topological polar surface area (TPSA) is 53.1 Å². The molecule has 0 atom stereocenters. The van der Waals surface area contributed by atoms with Gasteiger partial charge < -0.3 is 15.5 Å². The van der Waals surface area contributed by atoms with E-state index in [2.05, 4.69) is 39.5 Å². The van der Waals surface area contributed by atoms with E-state index in [0.717, 1.165) is 32.0 Å². The van der Waals surface area contributed by atoms with Gasteiger partial charge in [-0.25, -0.2) is 4.98 Å². The summed E-state index contributed by atoms with van der Waals surface area (Å²) in [5.41, 5.74) is 0. The van der Waals surface area contributed by atoms with E-state index in [0.29, 0.717) is 5.95 Å². The summed E-state index contributed by atoms with van der Waals surface area (Å²) in [6.45, 7) is 7.98. The molecule has 0 spiro atoms. The number of aromatic nitrogens is 2. The number of anilines is 2. The van der Waals surface area contributed by atoms with Crippen molar-refractivity contribution >= 4 is 11.8 Å². The highest BCUT2D eigenvalue weighted by molar-refractivity contribution is 5.39. The van der Waals surface area contributed by atoms with Gasteiger partial charge in [0.1, 0.15) is 5.82 Å². The third-order valence-electron chi connectivity index (χ3n) is 2.33. The van der Waals surface area contributed by atoms with Gasteiger partial charge in [0.05, 0.1) is 0 Å². The number of likely N-dealkylation sites (N-methyl/N-ethyl adjacent to an activating group) is 1. The van der Waals surface area contributed by atoms with Crippen LogP contribution < -0.4 is 10.6 Å². The minimum atomic E-state index is 0.677. The molecule has 0 aliphatic carbocycles. The Labute approximate surface area is 97.3 Å².